The van der Waals surface area contributed by atoms with Crippen molar-refractivity contribution in [2.75, 3.05) is 26.7 Å². The molecule has 2 unspecified atom stereocenters. The molecule has 6 heteroatoms. The Kier molecular flexibility index (Phi) is 5.23. The third kappa shape index (κ3) is 3.85. The van der Waals surface area contributed by atoms with Crippen molar-refractivity contribution in [2.24, 2.45) is 0 Å². The van der Waals surface area contributed by atoms with E-state index in [1.165, 1.54) is 12.8 Å². The third-order valence-corrected chi connectivity index (χ3v) is 4.46. The summed E-state index contributed by atoms with van der Waals surface area (Å²) in [7, 11) is 2.10. The molecule has 0 aliphatic carbocycles. The van der Waals surface area contributed by atoms with E-state index in [-0.39, 0.29) is 18.5 Å². The zero-order valence-corrected chi connectivity index (χ0v) is 12.2. The van der Waals surface area contributed by atoms with Gasteiger partial charge < -0.3 is 20.2 Å². The summed E-state index contributed by atoms with van der Waals surface area (Å²) in [4.78, 5) is 27.0. The van der Waals surface area contributed by atoms with Gasteiger partial charge in [-0.1, -0.05) is 6.42 Å². The van der Waals surface area contributed by atoms with Crippen LogP contribution in [-0.2, 0) is 4.79 Å². The molecule has 0 saturated carbocycles. The van der Waals surface area contributed by atoms with Crippen molar-refractivity contribution in [3.63, 3.8) is 0 Å². The zero-order chi connectivity index (χ0) is 14.5. The molecule has 2 atom stereocenters. The van der Waals surface area contributed by atoms with Crippen molar-refractivity contribution in [3.05, 3.63) is 0 Å². The number of rotatable bonds is 4. The molecule has 0 aromatic rings. The second-order valence-corrected chi connectivity index (χ2v) is 5.90. The Morgan fingerprint density at radius 2 is 1.90 bits per heavy atom. The molecule has 0 radical (unpaired) electrons. The van der Waals surface area contributed by atoms with Gasteiger partial charge in [0.05, 0.1) is 6.42 Å². The van der Waals surface area contributed by atoms with Crippen molar-refractivity contribution in [1.29, 1.82) is 0 Å². The summed E-state index contributed by atoms with van der Waals surface area (Å²) < 4.78 is 0. The van der Waals surface area contributed by atoms with E-state index >= 15 is 0 Å². The van der Waals surface area contributed by atoms with Gasteiger partial charge in [0.25, 0.3) is 0 Å². The maximum atomic E-state index is 12.2. The molecule has 0 bridgehead atoms. The molecule has 6 nitrogen and oxygen atoms in total. The number of nitrogens with zero attached hydrogens (tertiary/aromatic N) is 2. The van der Waals surface area contributed by atoms with Crippen molar-refractivity contribution in [1.82, 2.24) is 15.1 Å². The number of hydrogen-bond donors (Lipinski definition) is 2. The standard InChI is InChI=1S/C14H25N3O3/c1-16-7-3-2-5-12(16)10-15-14(20)17-8-4-6-11(17)9-13(18)19/h11-12H,2-10H2,1H3,(H,15,20)(H,18,19). The summed E-state index contributed by atoms with van der Waals surface area (Å²) in [6.45, 7) is 2.42. The molecule has 2 rings (SSSR count). The molecule has 114 valence electrons. The minimum atomic E-state index is -0.832. The van der Waals surface area contributed by atoms with Gasteiger partial charge in [-0.25, -0.2) is 4.79 Å². The number of carbonyl (C=O) groups excluding carboxylic acids is 1. The molecule has 0 aromatic carbocycles. The molecule has 2 aliphatic rings. The largest absolute Gasteiger partial charge is 0.481 e. The SMILES string of the molecule is CN1CCCCC1CNC(=O)N1CCCC1CC(=O)O. The highest BCUT2D eigenvalue weighted by Gasteiger charge is 2.30. The van der Waals surface area contributed by atoms with Gasteiger partial charge in [0, 0.05) is 25.2 Å². The Balaban J connectivity index is 1.80. The van der Waals surface area contributed by atoms with Crippen molar-refractivity contribution >= 4 is 12.0 Å². The lowest BCUT2D eigenvalue weighted by Crippen LogP contribution is -2.49. The predicted octanol–water partition coefficient (Wildman–Crippen LogP) is 1.12. The maximum absolute atomic E-state index is 12.2. The van der Waals surface area contributed by atoms with E-state index < -0.39 is 5.97 Å². The number of likely N-dealkylation sites (tertiary alicyclic amines) is 2. The number of aliphatic carboxylic acids is 1. The number of nitrogens with one attached hydrogen (secondary N) is 1. The molecule has 2 heterocycles. The van der Waals surface area contributed by atoms with Crippen LogP contribution in [0.3, 0.4) is 0 Å². The van der Waals surface area contributed by atoms with Crippen LogP contribution in [0.15, 0.2) is 0 Å². The van der Waals surface area contributed by atoms with Crippen LogP contribution < -0.4 is 5.32 Å². The summed E-state index contributed by atoms with van der Waals surface area (Å²) in [6, 6.07) is 0.164. The van der Waals surface area contributed by atoms with Crippen LogP contribution >= 0.6 is 0 Å². The Morgan fingerprint density at radius 1 is 1.15 bits per heavy atom. The average molecular weight is 283 g/mol. The third-order valence-electron chi connectivity index (χ3n) is 4.46. The number of amides is 2. The molecule has 2 fully saturated rings. The van der Waals surface area contributed by atoms with Crippen LogP contribution in [0.25, 0.3) is 0 Å². The predicted molar refractivity (Wildman–Crippen MR) is 75.6 cm³/mol. The summed E-state index contributed by atoms with van der Waals surface area (Å²) in [5.41, 5.74) is 0. The van der Waals surface area contributed by atoms with Crippen molar-refractivity contribution < 1.29 is 14.7 Å². The fourth-order valence-corrected chi connectivity index (χ4v) is 3.23. The summed E-state index contributed by atoms with van der Waals surface area (Å²) in [5.74, 6) is -0.832. The number of carbonyl (C=O) groups is 2. The fraction of sp³-hybridized carbons (Fsp3) is 0.857. The molecule has 2 amide bonds. The first kappa shape index (κ1) is 15.1. The Hall–Kier alpha value is -1.30. The van der Waals surface area contributed by atoms with Crippen LogP contribution in [0, 0.1) is 0 Å². The van der Waals surface area contributed by atoms with Gasteiger partial charge in [-0.3, -0.25) is 4.79 Å². The first-order valence-corrected chi connectivity index (χ1v) is 7.54. The quantitative estimate of drug-likeness (QED) is 0.811. The van der Waals surface area contributed by atoms with Gasteiger partial charge in [0.2, 0.25) is 0 Å². The minimum absolute atomic E-state index is 0.0523. The van der Waals surface area contributed by atoms with Gasteiger partial charge in [-0.2, -0.15) is 0 Å². The molecule has 2 N–H and O–H groups in total. The number of carboxylic acids is 1. The number of hydrogen-bond acceptors (Lipinski definition) is 3. The van der Waals surface area contributed by atoms with E-state index in [2.05, 4.69) is 17.3 Å². The average Bonchev–Trinajstić information content (AvgIpc) is 2.85. The summed E-state index contributed by atoms with van der Waals surface area (Å²) >= 11 is 0. The normalized spacial score (nSPS) is 27.6. The van der Waals surface area contributed by atoms with E-state index in [9.17, 15) is 9.59 Å². The lowest BCUT2D eigenvalue weighted by atomic mass is 10.0. The highest BCUT2D eigenvalue weighted by atomic mass is 16.4. The van der Waals surface area contributed by atoms with Gasteiger partial charge in [-0.15, -0.1) is 0 Å². The number of carboxylic acid groups (broad SMARTS) is 1. The fourth-order valence-electron chi connectivity index (χ4n) is 3.23. The monoisotopic (exact) mass is 283 g/mol. The zero-order valence-electron chi connectivity index (χ0n) is 12.2. The van der Waals surface area contributed by atoms with Crippen LogP contribution in [0.1, 0.15) is 38.5 Å². The second kappa shape index (κ2) is 6.92. The number of urea groups is 1. The first-order chi connectivity index (χ1) is 9.58. The molecule has 0 spiro atoms. The molecule has 2 aliphatic heterocycles. The smallest absolute Gasteiger partial charge is 0.317 e. The lowest BCUT2D eigenvalue weighted by Gasteiger charge is -2.33. The van der Waals surface area contributed by atoms with Gasteiger partial charge in [0.1, 0.15) is 0 Å². The summed E-state index contributed by atoms with van der Waals surface area (Å²) in [6.07, 6.45) is 5.31. The molecule has 0 aromatic heterocycles. The van der Waals surface area contributed by atoms with E-state index in [0.717, 1.165) is 25.8 Å². The van der Waals surface area contributed by atoms with E-state index in [0.29, 0.717) is 19.1 Å². The molecule has 20 heavy (non-hydrogen) atoms. The van der Waals surface area contributed by atoms with Crippen LogP contribution in [0.2, 0.25) is 0 Å². The van der Waals surface area contributed by atoms with E-state index in [4.69, 9.17) is 5.11 Å². The van der Waals surface area contributed by atoms with Gasteiger partial charge in [-0.05, 0) is 39.3 Å². The Morgan fingerprint density at radius 3 is 2.60 bits per heavy atom. The van der Waals surface area contributed by atoms with E-state index in [1.807, 2.05) is 0 Å². The van der Waals surface area contributed by atoms with Crippen molar-refractivity contribution in [2.45, 2.75) is 50.6 Å². The first-order valence-electron chi connectivity index (χ1n) is 7.54. The Labute approximate surface area is 120 Å². The topological polar surface area (TPSA) is 72.9 Å². The summed E-state index contributed by atoms with van der Waals surface area (Å²) in [5, 5.41) is 11.9. The van der Waals surface area contributed by atoms with Crippen LogP contribution in [0.4, 0.5) is 4.79 Å². The molecular formula is C14H25N3O3. The lowest BCUT2D eigenvalue weighted by molar-refractivity contribution is -0.137. The van der Waals surface area contributed by atoms with Gasteiger partial charge >= 0.3 is 12.0 Å². The highest BCUT2D eigenvalue weighted by molar-refractivity contribution is 5.76. The van der Waals surface area contributed by atoms with Crippen LogP contribution in [0.5, 0.6) is 0 Å². The number of likely N-dealkylation sites (N-methyl/N-ethyl adjacent to an activating group) is 1. The molecule has 2 saturated heterocycles. The highest BCUT2D eigenvalue weighted by Crippen LogP contribution is 2.20. The van der Waals surface area contributed by atoms with Crippen molar-refractivity contribution in [3.8, 4) is 0 Å². The number of piperidine rings is 1. The van der Waals surface area contributed by atoms with E-state index in [1.54, 1.807) is 4.90 Å². The minimum Gasteiger partial charge on any atom is -0.481 e. The van der Waals surface area contributed by atoms with Crippen LogP contribution in [-0.4, -0.2) is 65.7 Å². The van der Waals surface area contributed by atoms with Gasteiger partial charge in [0.15, 0.2) is 0 Å². The molecular weight excluding hydrogens is 258 g/mol. The Bertz CT molecular complexity index is 362. The second-order valence-electron chi connectivity index (χ2n) is 5.90. The maximum Gasteiger partial charge on any atom is 0.317 e.